The highest BCUT2D eigenvalue weighted by Crippen LogP contribution is 2.37. The van der Waals surface area contributed by atoms with Crippen LogP contribution in [0.5, 0.6) is 0 Å². The Hall–Kier alpha value is -1.55. The standard InChI is InChI=1S/C16H20ClNO3/c1-16(14(17)19)9-7-13(8-10-16)18-15(20)21-11-12-5-3-2-4-6-12/h2-6,13H,7-11H2,1H3,(H,18,20). The first kappa shape index (κ1) is 15.8. The Balaban J connectivity index is 1.73. The van der Waals surface area contributed by atoms with E-state index in [9.17, 15) is 9.59 Å². The number of alkyl carbamates (subject to hydrolysis) is 1. The number of carbonyl (C=O) groups excluding carboxylic acids is 2. The van der Waals surface area contributed by atoms with Crippen molar-refractivity contribution in [2.75, 3.05) is 0 Å². The molecule has 0 atom stereocenters. The van der Waals surface area contributed by atoms with E-state index in [1.165, 1.54) is 0 Å². The maximum Gasteiger partial charge on any atom is 0.407 e. The zero-order valence-corrected chi connectivity index (χ0v) is 12.9. The average molecular weight is 310 g/mol. The van der Waals surface area contributed by atoms with E-state index in [1.807, 2.05) is 37.3 Å². The van der Waals surface area contributed by atoms with Crippen molar-refractivity contribution in [2.45, 2.75) is 45.3 Å². The van der Waals surface area contributed by atoms with E-state index in [0.717, 1.165) is 18.4 Å². The number of hydrogen-bond acceptors (Lipinski definition) is 3. The molecule has 0 bridgehead atoms. The molecule has 0 radical (unpaired) electrons. The minimum absolute atomic E-state index is 0.0531. The van der Waals surface area contributed by atoms with E-state index in [4.69, 9.17) is 16.3 Å². The summed E-state index contributed by atoms with van der Waals surface area (Å²) in [6, 6.07) is 9.60. The maximum absolute atomic E-state index is 11.8. The summed E-state index contributed by atoms with van der Waals surface area (Å²) in [6.07, 6.45) is 2.47. The third-order valence-electron chi connectivity index (χ3n) is 4.10. The zero-order chi connectivity index (χ0) is 15.3. The summed E-state index contributed by atoms with van der Waals surface area (Å²) in [4.78, 5) is 23.1. The van der Waals surface area contributed by atoms with E-state index in [0.29, 0.717) is 12.8 Å². The quantitative estimate of drug-likeness (QED) is 0.864. The fraction of sp³-hybridized carbons (Fsp3) is 0.500. The second kappa shape index (κ2) is 6.94. The van der Waals surface area contributed by atoms with Gasteiger partial charge in [-0.1, -0.05) is 37.3 Å². The molecule has 4 nitrogen and oxygen atoms in total. The summed E-state index contributed by atoms with van der Waals surface area (Å²) in [7, 11) is 0. The number of amides is 1. The van der Waals surface area contributed by atoms with Gasteiger partial charge in [-0.2, -0.15) is 0 Å². The van der Waals surface area contributed by atoms with E-state index in [1.54, 1.807) is 0 Å². The Labute approximate surface area is 129 Å². The topological polar surface area (TPSA) is 55.4 Å². The molecule has 1 N–H and O–H groups in total. The fourth-order valence-electron chi connectivity index (χ4n) is 2.53. The molecule has 1 aliphatic rings. The van der Waals surface area contributed by atoms with Gasteiger partial charge in [-0.3, -0.25) is 4.79 Å². The van der Waals surface area contributed by atoms with Gasteiger partial charge in [-0.05, 0) is 42.8 Å². The number of carbonyl (C=O) groups is 2. The van der Waals surface area contributed by atoms with E-state index < -0.39 is 11.5 Å². The Morgan fingerprint density at radius 2 is 1.90 bits per heavy atom. The molecule has 1 aliphatic carbocycles. The first-order valence-corrected chi connectivity index (χ1v) is 7.54. The molecule has 1 aromatic carbocycles. The van der Waals surface area contributed by atoms with Crippen molar-refractivity contribution in [2.24, 2.45) is 5.41 Å². The van der Waals surface area contributed by atoms with Crippen molar-refractivity contribution >= 4 is 22.9 Å². The molecule has 114 valence electrons. The highest BCUT2D eigenvalue weighted by Gasteiger charge is 2.36. The molecule has 1 amide bonds. The molecular weight excluding hydrogens is 290 g/mol. The lowest BCUT2D eigenvalue weighted by Crippen LogP contribution is -2.41. The van der Waals surface area contributed by atoms with E-state index >= 15 is 0 Å². The Morgan fingerprint density at radius 1 is 1.29 bits per heavy atom. The number of rotatable bonds is 4. The van der Waals surface area contributed by atoms with Gasteiger partial charge in [-0.25, -0.2) is 4.79 Å². The van der Waals surface area contributed by atoms with Crippen LogP contribution in [0.2, 0.25) is 0 Å². The number of ether oxygens (including phenoxy) is 1. The molecule has 1 aromatic rings. The van der Waals surface area contributed by atoms with Crippen LogP contribution in [0.15, 0.2) is 30.3 Å². The SMILES string of the molecule is CC1(C(=O)Cl)CCC(NC(=O)OCc2ccccc2)CC1. The van der Waals surface area contributed by atoms with Crippen LogP contribution in [-0.4, -0.2) is 17.4 Å². The highest BCUT2D eigenvalue weighted by atomic mass is 35.5. The molecule has 21 heavy (non-hydrogen) atoms. The predicted octanol–water partition coefficient (Wildman–Crippen LogP) is 3.63. The molecule has 0 aromatic heterocycles. The van der Waals surface area contributed by atoms with Crippen LogP contribution in [0.1, 0.15) is 38.2 Å². The molecule has 5 heteroatoms. The average Bonchev–Trinajstić information content (AvgIpc) is 2.49. The number of hydrogen-bond donors (Lipinski definition) is 1. The lowest BCUT2D eigenvalue weighted by atomic mass is 9.75. The molecule has 0 spiro atoms. The van der Waals surface area contributed by atoms with E-state index in [2.05, 4.69) is 5.32 Å². The Bertz CT molecular complexity index is 496. The van der Waals surface area contributed by atoms with Crippen molar-refractivity contribution in [3.63, 3.8) is 0 Å². The smallest absolute Gasteiger partial charge is 0.407 e. The first-order valence-electron chi connectivity index (χ1n) is 7.17. The largest absolute Gasteiger partial charge is 0.445 e. The Kier molecular flexibility index (Phi) is 5.23. The normalized spacial score (nSPS) is 25.1. The minimum Gasteiger partial charge on any atom is -0.445 e. The molecule has 1 fully saturated rings. The van der Waals surface area contributed by atoms with Gasteiger partial charge >= 0.3 is 6.09 Å². The molecule has 1 saturated carbocycles. The molecular formula is C16H20ClNO3. The first-order chi connectivity index (χ1) is 9.99. The van der Waals surface area contributed by atoms with Crippen LogP contribution in [0.3, 0.4) is 0 Å². The van der Waals surface area contributed by atoms with Gasteiger partial charge in [0.15, 0.2) is 0 Å². The number of nitrogens with one attached hydrogen (secondary N) is 1. The summed E-state index contributed by atoms with van der Waals surface area (Å²) >= 11 is 5.62. The summed E-state index contributed by atoms with van der Waals surface area (Å²) in [5, 5.41) is 2.57. The lowest BCUT2D eigenvalue weighted by molar-refractivity contribution is -0.121. The van der Waals surface area contributed by atoms with Gasteiger partial charge in [0.1, 0.15) is 6.61 Å². The summed E-state index contributed by atoms with van der Waals surface area (Å²) < 4.78 is 5.19. The number of halogens is 1. The van der Waals surface area contributed by atoms with Crippen LogP contribution in [0.25, 0.3) is 0 Å². The van der Waals surface area contributed by atoms with Crippen molar-refractivity contribution in [1.29, 1.82) is 0 Å². The van der Waals surface area contributed by atoms with E-state index in [-0.39, 0.29) is 17.9 Å². The van der Waals surface area contributed by atoms with Gasteiger partial charge in [0.05, 0.1) is 0 Å². The van der Waals surface area contributed by atoms with Crippen molar-refractivity contribution in [3.05, 3.63) is 35.9 Å². The predicted molar refractivity (Wildman–Crippen MR) is 81.0 cm³/mol. The lowest BCUT2D eigenvalue weighted by Gasteiger charge is -2.34. The monoisotopic (exact) mass is 309 g/mol. The van der Waals surface area contributed by atoms with Crippen LogP contribution in [0.4, 0.5) is 4.79 Å². The van der Waals surface area contributed by atoms with Crippen LogP contribution < -0.4 is 5.32 Å². The molecule has 0 unspecified atom stereocenters. The molecule has 0 heterocycles. The second-order valence-electron chi connectivity index (χ2n) is 5.81. The molecule has 0 aliphatic heterocycles. The van der Waals surface area contributed by atoms with Gasteiger partial charge < -0.3 is 10.1 Å². The summed E-state index contributed by atoms with van der Waals surface area (Å²) in [6.45, 7) is 2.14. The minimum atomic E-state index is -0.451. The fourth-order valence-corrected chi connectivity index (χ4v) is 2.72. The number of benzene rings is 1. The van der Waals surface area contributed by atoms with Crippen molar-refractivity contribution in [1.82, 2.24) is 5.32 Å². The van der Waals surface area contributed by atoms with Gasteiger partial charge in [0, 0.05) is 11.5 Å². The van der Waals surface area contributed by atoms with Crippen molar-refractivity contribution in [3.8, 4) is 0 Å². The van der Waals surface area contributed by atoms with Gasteiger partial charge in [0.2, 0.25) is 5.24 Å². The molecule has 0 saturated heterocycles. The Morgan fingerprint density at radius 3 is 2.48 bits per heavy atom. The third-order valence-corrected chi connectivity index (χ3v) is 4.55. The van der Waals surface area contributed by atoms with Crippen LogP contribution >= 0.6 is 11.6 Å². The maximum atomic E-state index is 11.8. The third kappa shape index (κ3) is 4.46. The zero-order valence-electron chi connectivity index (χ0n) is 12.1. The van der Waals surface area contributed by atoms with Crippen LogP contribution in [-0.2, 0) is 16.1 Å². The second-order valence-corrected chi connectivity index (χ2v) is 6.16. The van der Waals surface area contributed by atoms with Gasteiger partial charge in [0.25, 0.3) is 0 Å². The van der Waals surface area contributed by atoms with Gasteiger partial charge in [-0.15, -0.1) is 0 Å². The summed E-state index contributed by atoms with van der Waals surface area (Å²) in [5.41, 5.74) is 0.504. The van der Waals surface area contributed by atoms with Crippen molar-refractivity contribution < 1.29 is 14.3 Å². The highest BCUT2D eigenvalue weighted by molar-refractivity contribution is 6.64. The summed E-state index contributed by atoms with van der Waals surface area (Å²) in [5.74, 6) is 0. The van der Waals surface area contributed by atoms with Crippen LogP contribution in [0, 0.1) is 5.41 Å². The molecule has 2 rings (SSSR count).